The fourth-order valence-electron chi connectivity index (χ4n) is 1.76. The van der Waals surface area contributed by atoms with E-state index >= 15 is 0 Å². The van der Waals surface area contributed by atoms with E-state index in [-0.39, 0.29) is 0 Å². The molecule has 0 saturated heterocycles. The predicted molar refractivity (Wildman–Crippen MR) is 83.6 cm³/mol. The van der Waals surface area contributed by atoms with E-state index in [0.29, 0.717) is 6.54 Å². The molecule has 0 aliphatic carbocycles. The Hall–Kier alpha value is -1.97. The molecular formula is C16H24N2O2. The Morgan fingerprint density at radius 3 is 2.35 bits per heavy atom. The molecule has 1 amide bonds. The first-order valence-electron chi connectivity index (χ1n) is 6.69. The number of carbonyl (C=O) groups excluding carboxylic acids is 1. The quantitative estimate of drug-likeness (QED) is 0.831. The molecular weight excluding hydrogens is 252 g/mol. The van der Waals surface area contributed by atoms with Crippen molar-refractivity contribution < 1.29 is 9.53 Å². The Kier molecular flexibility index (Phi) is 5.19. The van der Waals surface area contributed by atoms with Crippen LogP contribution in [0, 0.1) is 13.8 Å². The Morgan fingerprint density at radius 2 is 1.85 bits per heavy atom. The monoisotopic (exact) mass is 276 g/mol. The van der Waals surface area contributed by atoms with Gasteiger partial charge in [-0.15, -0.1) is 0 Å². The molecule has 0 unspecified atom stereocenters. The summed E-state index contributed by atoms with van der Waals surface area (Å²) in [5.41, 5.74) is 9.45. The van der Waals surface area contributed by atoms with Gasteiger partial charge < -0.3 is 15.8 Å². The molecule has 0 fully saturated rings. The average molecular weight is 276 g/mol. The third-order valence-corrected chi connectivity index (χ3v) is 2.69. The maximum Gasteiger partial charge on any atom is 0.407 e. The van der Waals surface area contributed by atoms with Crippen LogP contribution in [0.3, 0.4) is 0 Å². The van der Waals surface area contributed by atoms with Gasteiger partial charge in [0.1, 0.15) is 5.60 Å². The smallest absolute Gasteiger partial charge is 0.407 e. The molecule has 0 saturated carbocycles. The molecule has 0 heterocycles. The molecule has 4 nitrogen and oxygen atoms in total. The van der Waals surface area contributed by atoms with Crippen molar-refractivity contribution in [2.24, 2.45) is 0 Å². The summed E-state index contributed by atoms with van der Waals surface area (Å²) in [5.74, 6) is 0. The summed E-state index contributed by atoms with van der Waals surface area (Å²) < 4.78 is 5.14. The van der Waals surface area contributed by atoms with E-state index in [0.717, 1.165) is 22.4 Å². The van der Waals surface area contributed by atoms with E-state index in [1.807, 2.05) is 58.9 Å². The van der Waals surface area contributed by atoms with Crippen molar-refractivity contribution in [1.82, 2.24) is 5.32 Å². The molecule has 1 rings (SSSR count). The number of rotatable bonds is 3. The molecule has 1 aromatic carbocycles. The van der Waals surface area contributed by atoms with E-state index in [2.05, 4.69) is 5.32 Å². The van der Waals surface area contributed by atoms with E-state index in [4.69, 9.17) is 10.5 Å². The highest BCUT2D eigenvalue weighted by atomic mass is 16.6. The summed E-state index contributed by atoms with van der Waals surface area (Å²) in [5, 5.41) is 2.68. The minimum absolute atomic E-state index is 0.410. The van der Waals surface area contributed by atoms with Crippen molar-refractivity contribution in [2.75, 3.05) is 12.3 Å². The number of aryl methyl sites for hydroxylation is 2. The molecule has 110 valence electrons. The number of alkyl carbamates (subject to hydrolysis) is 1. The molecule has 3 N–H and O–H groups in total. The lowest BCUT2D eigenvalue weighted by molar-refractivity contribution is 0.0534. The summed E-state index contributed by atoms with van der Waals surface area (Å²) in [7, 11) is 0. The Morgan fingerprint density at radius 1 is 1.30 bits per heavy atom. The second kappa shape index (κ2) is 6.46. The van der Waals surface area contributed by atoms with Crippen LogP contribution in [0.5, 0.6) is 0 Å². The van der Waals surface area contributed by atoms with Gasteiger partial charge in [0.25, 0.3) is 0 Å². The van der Waals surface area contributed by atoms with Gasteiger partial charge >= 0.3 is 6.09 Å². The van der Waals surface area contributed by atoms with Crippen LogP contribution in [0.1, 0.15) is 37.5 Å². The third kappa shape index (κ3) is 5.34. The first kappa shape index (κ1) is 16.1. The molecule has 0 aliphatic rings. The van der Waals surface area contributed by atoms with Gasteiger partial charge in [0.2, 0.25) is 0 Å². The standard InChI is InChI=1S/C16H24N2O2/c1-11-9-13(10-12(2)14(11)17)7-6-8-18-15(19)20-16(3,4)5/h6-7,9-10H,8,17H2,1-5H3,(H,18,19). The zero-order valence-corrected chi connectivity index (χ0v) is 12.9. The van der Waals surface area contributed by atoms with Gasteiger partial charge in [-0.25, -0.2) is 4.79 Å². The molecule has 0 radical (unpaired) electrons. The second-order valence-electron chi connectivity index (χ2n) is 5.85. The van der Waals surface area contributed by atoms with E-state index < -0.39 is 11.7 Å². The topological polar surface area (TPSA) is 64.3 Å². The third-order valence-electron chi connectivity index (χ3n) is 2.69. The Bertz CT molecular complexity index is 491. The van der Waals surface area contributed by atoms with Crippen molar-refractivity contribution in [3.05, 3.63) is 34.9 Å². The summed E-state index contributed by atoms with van der Waals surface area (Å²) in [6, 6.07) is 4.04. The second-order valence-corrected chi connectivity index (χ2v) is 5.85. The van der Waals surface area contributed by atoms with Gasteiger partial charge in [-0.05, 0) is 63.4 Å². The molecule has 0 aromatic heterocycles. The summed E-state index contributed by atoms with van der Waals surface area (Å²) in [6.45, 7) is 9.90. The Labute approximate surface area is 121 Å². The van der Waals surface area contributed by atoms with E-state index in [1.165, 1.54) is 0 Å². The van der Waals surface area contributed by atoms with Gasteiger partial charge in [0, 0.05) is 12.2 Å². The number of hydrogen-bond donors (Lipinski definition) is 2. The largest absolute Gasteiger partial charge is 0.444 e. The van der Waals surface area contributed by atoms with Crippen molar-refractivity contribution in [2.45, 2.75) is 40.2 Å². The highest BCUT2D eigenvalue weighted by molar-refractivity contribution is 5.68. The molecule has 0 atom stereocenters. The number of ether oxygens (including phenoxy) is 1. The van der Waals surface area contributed by atoms with Crippen LogP contribution in [-0.4, -0.2) is 18.2 Å². The van der Waals surface area contributed by atoms with Gasteiger partial charge in [-0.1, -0.05) is 12.2 Å². The highest BCUT2D eigenvalue weighted by Crippen LogP contribution is 2.19. The number of nitrogens with two attached hydrogens (primary N) is 1. The minimum Gasteiger partial charge on any atom is -0.444 e. The highest BCUT2D eigenvalue weighted by Gasteiger charge is 2.14. The number of amides is 1. The normalized spacial score (nSPS) is 11.7. The predicted octanol–water partition coefficient (Wildman–Crippen LogP) is 3.42. The van der Waals surface area contributed by atoms with Crippen LogP contribution in [0.2, 0.25) is 0 Å². The lowest BCUT2D eigenvalue weighted by Crippen LogP contribution is -2.32. The molecule has 0 aliphatic heterocycles. The van der Waals surface area contributed by atoms with Crippen LogP contribution < -0.4 is 11.1 Å². The summed E-state index contributed by atoms with van der Waals surface area (Å²) in [6.07, 6.45) is 3.43. The zero-order valence-electron chi connectivity index (χ0n) is 12.9. The van der Waals surface area contributed by atoms with Crippen LogP contribution in [0.15, 0.2) is 18.2 Å². The maximum absolute atomic E-state index is 11.4. The van der Waals surface area contributed by atoms with Crippen LogP contribution >= 0.6 is 0 Å². The van der Waals surface area contributed by atoms with E-state index in [1.54, 1.807) is 0 Å². The number of nitrogen functional groups attached to an aromatic ring is 1. The van der Waals surface area contributed by atoms with Crippen LogP contribution in [0.25, 0.3) is 6.08 Å². The average Bonchev–Trinajstić information content (AvgIpc) is 2.29. The van der Waals surface area contributed by atoms with Gasteiger partial charge in [-0.3, -0.25) is 0 Å². The zero-order chi connectivity index (χ0) is 15.3. The summed E-state index contributed by atoms with van der Waals surface area (Å²) in [4.78, 5) is 11.4. The minimum atomic E-state index is -0.473. The number of carbonyl (C=O) groups is 1. The van der Waals surface area contributed by atoms with Crippen LogP contribution in [0.4, 0.5) is 10.5 Å². The fraction of sp³-hybridized carbons (Fsp3) is 0.438. The number of nitrogens with one attached hydrogen (secondary N) is 1. The van der Waals surface area contributed by atoms with Gasteiger partial charge in [0.05, 0.1) is 0 Å². The van der Waals surface area contributed by atoms with Crippen LogP contribution in [-0.2, 0) is 4.74 Å². The fourth-order valence-corrected chi connectivity index (χ4v) is 1.76. The van der Waals surface area contributed by atoms with Crippen molar-refractivity contribution >= 4 is 17.9 Å². The Balaban J connectivity index is 2.52. The maximum atomic E-state index is 11.4. The molecule has 0 spiro atoms. The molecule has 20 heavy (non-hydrogen) atoms. The molecule has 0 bridgehead atoms. The SMILES string of the molecule is Cc1cc(C=CCNC(=O)OC(C)(C)C)cc(C)c1N. The number of hydrogen-bond acceptors (Lipinski definition) is 3. The van der Waals surface area contributed by atoms with Crippen molar-refractivity contribution in [1.29, 1.82) is 0 Å². The first-order valence-corrected chi connectivity index (χ1v) is 6.69. The van der Waals surface area contributed by atoms with E-state index in [9.17, 15) is 4.79 Å². The lowest BCUT2D eigenvalue weighted by atomic mass is 10.0. The summed E-state index contributed by atoms with van der Waals surface area (Å²) >= 11 is 0. The van der Waals surface area contributed by atoms with Gasteiger partial charge in [-0.2, -0.15) is 0 Å². The van der Waals surface area contributed by atoms with Crippen molar-refractivity contribution in [3.63, 3.8) is 0 Å². The lowest BCUT2D eigenvalue weighted by Gasteiger charge is -2.19. The first-order chi connectivity index (χ1) is 9.19. The van der Waals surface area contributed by atoms with Crippen molar-refractivity contribution in [3.8, 4) is 0 Å². The number of benzene rings is 1. The van der Waals surface area contributed by atoms with Gasteiger partial charge in [0.15, 0.2) is 0 Å². The molecule has 4 heteroatoms. The molecule has 1 aromatic rings. The number of anilines is 1.